The lowest BCUT2D eigenvalue weighted by Crippen LogP contribution is -2.28. The molecule has 0 saturated carbocycles. The van der Waals surface area contributed by atoms with Gasteiger partial charge in [0.1, 0.15) is 0 Å². The van der Waals surface area contributed by atoms with Crippen LogP contribution in [0.25, 0.3) is 10.9 Å². The van der Waals surface area contributed by atoms with Crippen molar-refractivity contribution in [1.82, 2.24) is 4.57 Å². The van der Waals surface area contributed by atoms with Crippen LogP contribution in [0.3, 0.4) is 0 Å². The van der Waals surface area contributed by atoms with E-state index in [-0.39, 0.29) is 11.3 Å². The van der Waals surface area contributed by atoms with Gasteiger partial charge in [-0.1, -0.05) is 65.7 Å². The molecule has 0 bridgehead atoms. The molecule has 0 N–H and O–H groups in total. The van der Waals surface area contributed by atoms with Gasteiger partial charge in [-0.3, -0.25) is 9.36 Å². The third-order valence-corrected chi connectivity index (χ3v) is 3.92. The molecular weight excluding hydrogens is 258 g/mol. The zero-order valence-electron chi connectivity index (χ0n) is 14.0. The highest BCUT2D eigenvalue weighted by Crippen LogP contribution is 2.31. The number of nitrogens with zero attached hydrogens (tertiary/aromatic N) is 1. The number of carbonyl (C=O) groups excluding carboxylic acids is 1. The highest BCUT2D eigenvalue weighted by molar-refractivity contribution is 5.98. The number of para-hydroxylation sites is 1. The Kier molecular flexibility index (Phi) is 4.55. The van der Waals surface area contributed by atoms with E-state index in [0.717, 1.165) is 31.2 Å². The van der Waals surface area contributed by atoms with Crippen molar-refractivity contribution in [2.75, 3.05) is 0 Å². The van der Waals surface area contributed by atoms with Crippen molar-refractivity contribution in [2.24, 2.45) is 5.41 Å². The van der Waals surface area contributed by atoms with Crippen LogP contribution in [0.4, 0.5) is 0 Å². The van der Waals surface area contributed by atoms with Crippen LogP contribution in [-0.4, -0.2) is 10.5 Å². The highest BCUT2D eigenvalue weighted by Gasteiger charge is 2.28. The molecule has 2 heteroatoms. The Labute approximate surface area is 128 Å². The summed E-state index contributed by atoms with van der Waals surface area (Å²) in [6, 6.07) is 8.34. The van der Waals surface area contributed by atoms with Gasteiger partial charge < -0.3 is 0 Å². The summed E-state index contributed by atoms with van der Waals surface area (Å²) in [5.74, 6) is 0.199. The summed E-state index contributed by atoms with van der Waals surface area (Å²) in [7, 11) is 0. The van der Waals surface area contributed by atoms with Crippen molar-refractivity contribution >= 4 is 16.8 Å². The summed E-state index contributed by atoms with van der Waals surface area (Å²) in [6.07, 6.45) is 4.17. The second kappa shape index (κ2) is 6.05. The maximum absolute atomic E-state index is 13.0. The number of aromatic nitrogens is 1. The topological polar surface area (TPSA) is 22.0 Å². The Bertz CT molecular complexity index is 643. The van der Waals surface area contributed by atoms with Crippen molar-refractivity contribution in [1.29, 1.82) is 0 Å². The SMILES string of the molecule is CCCc1c(CCC)n(C(=O)C(C)(C)C)c2ccccc12. The van der Waals surface area contributed by atoms with E-state index in [2.05, 4.69) is 32.0 Å². The molecule has 0 aliphatic carbocycles. The van der Waals surface area contributed by atoms with Gasteiger partial charge in [0.15, 0.2) is 0 Å². The third kappa shape index (κ3) is 2.90. The zero-order chi connectivity index (χ0) is 15.6. The lowest BCUT2D eigenvalue weighted by molar-refractivity contribution is 0.0769. The fourth-order valence-corrected chi connectivity index (χ4v) is 2.96. The number of hydrogen-bond donors (Lipinski definition) is 0. The first-order valence-electron chi connectivity index (χ1n) is 8.07. The minimum atomic E-state index is -0.367. The minimum absolute atomic E-state index is 0.199. The van der Waals surface area contributed by atoms with Gasteiger partial charge in [-0.2, -0.15) is 0 Å². The van der Waals surface area contributed by atoms with Crippen LogP contribution >= 0.6 is 0 Å². The van der Waals surface area contributed by atoms with Gasteiger partial charge in [-0.25, -0.2) is 0 Å². The molecule has 0 aliphatic rings. The lowest BCUT2D eigenvalue weighted by Gasteiger charge is -2.20. The number of fused-ring (bicyclic) bond motifs is 1. The molecule has 1 aromatic heterocycles. The second-order valence-electron chi connectivity index (χ2n) is 6.83. The molecule has 0 fully saturated rings. The van der Waals surface area contributed by atoms with E-state index in [4.69, 9.17) is 0 Å². The molecule has 21 heavy (non-hydrogen) atoms. The Balaban J connectivity index is 2.77. The van der Waals surface area contributed by atoms with Gasteiger partial charge in [0.05, 0.1) is 5.52 Å². The van der Waals surface area contributed by atoms with E-state index in [1.807, 2.05) is 31.4 Å². The van der Waals surface area contributed by atoms with E-state index in [0.29, 0.717) is 0 Å². The van der Waals surface area contributed by atoms with E-state index >= 15 is 0 Å². The molecule has 1 heterocycles. The molecule has 0 aliphatic heterocycles. The third-order valence-electron chi connectivity index (χ3n) is 3.92. The van der Waals surface area contributed by atoms with Crippen LogP contribution in [0, 0.1) is 5.41 Å². The fourth-order valence-electron chi connectivity index (χ4n) is 2.96. The summed E-state index contributed by atoms with van der Waals surface area (Å²) in [4.78, 5) is 13.0. The minimum Gasteiger partial charge on any atom is -0.283 e. The molecule has 2 aromatic rings. The average molecular weight is 285 g/mol. The van der Waals surface area contributed by atoms with Crippen LogP contribution in [-0.2, 0) is 12.8 Å². The smallest absolute Gasteiger partial charge is 0.236 e. The first-order valence-corrected chi connectivity index (χ1v) is 8.07. The van der Waals surface area contributed by atoms with Crippen LogP contribution in [0.15, 0.2) is 24.3 Å². The number of benzene rings is 1. The van der Waals surface area contributed by atoms with Crippen LogP contribution in [0.1, 0.15) is 63.5 Å². The van der Waals surface area contributed by atoms with Gasteiger partial charge >= 0.3 is 0 Å². The summed E-state index contributed by atoms with van der Waals surface area (Å²) < 4.78 is 1.99. The van der Waals surface area contributed by atoms with Crippen molar-refractivity contribution in [3.05, 3.63) is 35.5 Å². The quantitative estimate of drug-likeness (QED) is 0.753. The molecule has 0 radical (unpaired) electrons. The van der Waals surface area contributed by atoms with E-state index in [1.54, 1.807) is 0 Å². The molecule has 0 saturated heterocycles. The van der Waals surface area contributed by atoms with Crippen LogP contribution < -0.4 is 0 Å². The highest BCUT2D eigenvalue weighted by atomic mass is 16.2. The summed E-state index contributed by atoms with van der Waals surface area (Å²) in [5.41, 5.74) is 3.30. The first kappa shape index (κ1) is 15.8. The van der Waals surface area contributed by atoms with Gasteiger partial charge in [-0.05, 0) is 24.5 Å². The van der Waals surface area contributed by atoms with Crippen molar-refractivity contribution < 1.29 is 4.79 Å². The van der Waals surface area contributed by atoms with Gasteiger partial charge in [0.2, 0.25) is 5.91 Å². The molecule has 114 valence electrons. The number of rotatable bonds is 4. The Morgan fingerprint density at radius 3 is 2.24 bits per heavy atom. The van der Waals surface area contributed by atoms with Crippen molar-refractivity contribution in [3.8, 4) is 0 Å². The van der Waals surface area contributed by atoms with Gasteiger partial charge in [0, 0.05) is 16.5 Å². The van der Waals surface area contributed by atoms with E-state index in [1.165, 1.54) is 16.6 Å². The molecule has 1 aromatic carbocycles. The average Bonchev–Trinajstić information content (AvgIpc) is 2.72. The normalized spacial score (nSPS) is 12.0. The molecular formula is C19H27NO. The van der Waals surface area contributed by atoms with Crippen LogP contribution in [0.5, 0.6) is 0 Å². The fraction of sp³-hybridized carbons (Fsp3) is 0.526. The molecule has 2 rings (SSSR count). The maximum atomic E-state index is 13.0. The molecule has 0 spiro atoms. The van der Waals surface area contributed by atoms with Gasteiger partial charge in [0.25, 0.3) is 0 Å². The zero-order valence-corrected chi connectivity index (χ0v) is 14.0. The predicted molar refractivity (Wildman–Crippen MR) is 90.0 cm³/mol. The standard InChI is InChI=1S/C19H27NO/c1-6-10-14-15-12-8-9-13-17(15)20(16(14)11-7-2)18(21)19(3,4)5/h8-9,12-13H,6-7,10-11H2,1-5H3. The largest absolute Gasteiger partial charge is 0.283 e. The number of carbonyl (C=O) groups is 1. The molecule has 0 amide bonds. The molecule has 2 nitrogen and oxygen atoms in total. The summed E-state index contributed by atoms with van der Waals surface area (Å²) in [5, 5.41) is 1.25. The molecule has 0 atom stereocenters. The summed E-state index contributed by atoms with van der Waals surface area (Å²) >= 11 is 0. The molecule has 0 unspecified atom stereocenters. The lowest BCUT2D eigenvalue weighted by atomic mass is 9.95. The Morgan fingerprint density at radius 2 is 1.67 bits per heavy atom. The second-order valence-corrected chi connectivity index (χ2v) is 6.83. The van der Waals surface area contributed by atoms with E-state index in [9.17, 15) is 4.79 Å². The Morgan fingerprint density at radius 1 is 1.05 bits per heavy atom. The number of hydrogen-bond acceptors (Lipinski definition) is 1. The first-order chi connectivity index (χ1) is 9.91. The maximum Gasteiger partial charge on any atom is 0.236 e. The number of aryl methyl sites for hydroxylation is 1. The van der Waals surface area contributed by atoms with Gasteiger partial charge in [-0.15, -0.1) is 0 Å². The van der Waals surface area contributed by atoms with E-state index < -0.39 is 0 Å². The Hall–Kier alpha value is -1.57. The van der Waals surface area contributed by atoms with Crippen LogP contribution in [0.2, 0.25) is 0 Å². The van der Waals surface area contributed by atoms with Crippen molar-refractivity contribution in [2.45, 2.75) is 60.3 Å². The van der Waals surface area contributed by atoms with Crippen molar-refractivity contribution in [3.63, 3.8) is 0 Å². The predicted octanol–water partition coefficient (Wildman–Crippen LogP) is 5.23. The monoisotopic (exact) mass is 285 g/mol. The summed E-state index contributed by atoms with van der Waals surface area (Å²) in [6.45, 7) is 10.4.